The normalized spacial score (nSPS) is 16.0. The molecule has 1 aliphatic rings. The molecule has 0 spiro atoms. The average Bonchev–Trinajstić information content (AvgIpc) is 3.06. The number of nitrogens with zero attached hydrogens (tertiary/aromatic N) is 2. The van der Waals surface area contributed by atoms with Crippen molar-refractivity contribution in [2.24, 2.45) is 0 Å². The van der Waals surface area contributed by atoms with E-state index in [1.54, 1.807) is 10.7 Å². The first-order valence-corrected chi connectivity index (χ1v) is 9.04. The number of rotatable bonds is 4. The van der Waals surface area contributed by atoms with E-state index < -0.39 is 11.6 Å². The molecule has 2 aromatic carbocycles. The van der Waals surface area contributed by atoms with Gasteiger partial charge in [-0.05, 0) is 43.2 Å². The summed E-state index contributed by atoms with van der Waals surface area (Å²) in [7, 11) is 0. The lowest BCUT2D eigenvalue weighted by Gasteiger charge is -2.25. The lowest BCUT2D eigenvalue weighted by molar-refractivity contribution is 0.0900. The first kappa shape index (κ1) is 18.3. The van der Waals surface area contributed by atoms with E-state index in [2.05, 4.69) is 21.8 Å². The molecule has 0 aliphatic carbocycles. The third kappa shape index (κ3) is 3.53. The molecule has 28 heavy (non-hydrogen) atoms. The van der Waals surface area contributed by atoms with Gasteiger partial charge < -0.3 is 5.32 Å². The summed E-state index contributed by atoms with van der Waals surface area (Å²) in [4.78, 5) is 12.3. The number of fused-ring (bicyclic) bond motifs is 1. The van der Waals surface area contributed by atoms with Crippen molar-refractivity contribution < 1.29 is 13.6 Å². The molecule has 0 saturated heterocycles. The highest BCUT2D eigenvalue weighted by Gasteiger charge is 2.27. The van der Waals surface area contributed by atoms with Crippen molar-refractivity contribution in [2.75, 3.05) is 6.54 Å². The van der Waals surface area contributed by atoms with Crippen molar-refractivity contribution in [3.05, 3.63) is 76.5 Å². The molecular formula is C21H20F2N4O. The Morgan fingerprint density at radius 2 is 1.89 bits per heavy atom. The zero-order valence-corrected chi connectivity index (χ0v) is 15.6. The second-order valence-electron chi connectivity index (χ2n) is 7.06. The van der Waals surface area contributed by atoms with Gasteiger partial charge in [-0.15, -0.1) is 0 Å². The smallest absolute Gasteiger partial charge is 0.269 e. The highest BCUT2D eigenvalue weighted by molar-refractivity contribution is 5.94. The standard InChI is InChI=1S/C21H20F2N4O/c1-12-3-4-17(13(2)5-12)18-9-19-21(28)25-11-20(27(19)26-18)24-10-14-6-15(22)8-16(23)7-14/h3-9,20,24H,10-11H2,1-2H3,(H,25,28)/t20-/m0/s1. The number of halogens is 2. The summed E-state index contributed by atoms with van der Waals surface area (Å²) in [5.74, 6) is -1.44. The number of amides is 1. The van der Waals surface area contributed by atoms with Crippen LogP contribution >= 0.6 is 0 Å². The van der Waals surface area contributed by atoms with Crippen LogP contribution in [0.2, 0.25) is 0 Å². The fourth-order valence-electron chi connectivity index (χ4n) is 3.51. The van der Waals surface area contributed by atoms with Crippen molar-refractivity contribution in [3.63, 3.8) is 0 Å². The lowest BCUT2D eigenvalue weighted by Crippen LogP contribution is -2.45. The molecule has 0 saturated carbocycles. The summed E-state index contributed by atoms with van der Waals surface area (Å²) >= 11 is 0. The molecule has 7 heteroatoms. The summed E-state index contributed by atoms with van der Waals surface area (Å²) in [5.41, 5.74) is 4.85. The van der Waals surface area contributed by atoms with Crippen LogP contribution in [-0.2, 0) is 6.54 Å². The van der Waals surface area contributed by atoms with E-state index in [4.69, 9.17) is 0 Å². The number of carbonyl (C=O) groups excluding carboxylic acids is 1. The largest absolute Gasteiger partial charge is 0.347 e. The summed E-state index contributed by atoms with van der Waals surface area (Å²) < 4.78 is 28.4. The molecule has 4 rings (SSSR count). The fraction of sp³-hybridized carbons (Fsp3) is 0.238. The third-order valence-corrected chi connectivity index (χ3v) is 4.84. The molecule has 3 aromatic rings. The number of aromatic nitrogens is 2. The predicted octanol–water partition coefficient (Wildman–Crippen LogP) is 3.48. The number of hydrogen-bond donors (Lipinski definition) is 2. The summed E-state index contributed by atoms with van der Waals surface area (Å²) in [6.45, 7) is 4.61. The van der Waals surface area contributed by atoms with Crippen LogP contribution in [0.15, 0.2) is 42.5 Å². The van der Waals surface area contributed by atoms with Crippen molar-refractivity contribution >= 4 is 5.91 Å². The van der Waals surface area contributed by atoms with Gasteiger partial charge in [0.05, 0.1) is 12.2 Å². The molecule has 1 amide bonds. The number of nitrogens with one attached hydrogen (secondary N) is 2. The zero-order chi connectivity index (χ0) is 19.8. The summed E-state index contributed by atoms with van der Waals surface area (Å²) in [5, 5.41) is 10.7. The van der Waals surface area contributed by atoms with Gasteiger partial charge in [-0.1, -0.05) is 23.8 Å². The van der Waals surface area contributed by atoms with Gasteiger partial charge in [0.25, 0.3) is 5.91 Å². The Bertz CT molecular complexity index is 1040. The van der Waals surface area contributed by atoms with Crippen LogP contribution in [0.1, 0.15) is 33.3 Å². The van der Waals surface area contributed by atoms with E-state index in [0.29, 0.717) is 23.5 Å². The Kier molecular flexibility index (Phi) is 4.68. The fourth-order valence-corrected chi connectivity index (χ4v) is 3.51. The number of hydrogen-bond acceptors (Lipinski definition) is 3. The highest BCUT2D eigenvalue weighted by Crippen LogP contribution is 2.26. The second kappa shape index (κ2) is 7.16. The number of carbonyl (C=O) groups is 1. The molecule has 1 atom stereocenters. The van der Waals surface area contributed by atoms with Crippen LogP contribution in [0.25, 0.3) is 11.3 Å². The van der Waals surface area contributed by atoms with Crippen LogP contribution in [0.3, 0.4) is 0 Å². The first-order chi connectivity index (χ1) is 13.4. The Morgan fingerprint density at radius 1 is 1.14 bits per heavy atom. The molecule has 1 aromatic heterocycles. The van der Waals surface area contributed by atoms with E-state index in [0.717, 1.165) is 22.8 Å². The van der Waals surface area contributed by atoms with E-state index in [1.165, 1.54) is 12.1 Å². The van der Waals surface area contributed by atoms with Gasteiger partial charge in [0, 0.05) is 18.2 Å². The minimum Gasteiger partial charge on any atom is -0.347 e. The van der Waals surface area contributed by atoms with Gasteiger partial charge in [0.1, 0.15) is 23.5 Å². The minimum atomic E-state index is -0.620. The quantitative estimate of drug-likeness (QED) is 0.726. The number of benzene rings is 2. The molecule has 0 radical (unpaired) electrons. The summed E-state index contributed by atoms with van der Waals surface area (Å²) in [6, 6.07) is 11.2. The maximum atomic E-state index is 13.4. The van der Waals surface area contributed by atoms with Gasteiger partial charge in [0.15, 0.2) is 0 Å². The highest BCUT2D eigenvalue weighted by atomic mass is 19.1. The first-order valence-electron chi connectivity index (χ1n) is 9.04. The van der Waals surface area contributed by atoms with Gasteiger partial charge in [0.2, 0.25) is 0 Å². The Labute approximate surface area is 161 Å². The topological polar surface area (TPSA) is 59.0 Å². The zero-order valence-electron chi connectivity index (χ0n) is 15.6. The lowest BCUT2D eigenvalue weighted by atomic mass is 10.0. The van der Waals surface area contributed by atoms with Gasteiger partial charge >= 0.3 is 0 Å². The van der Waals surface area contributed by atoms with Crippen molar-refractivity contribution in [1.82, 2.24) is 20.4 Å². The molecule has 144 valence electrons. The minimum absolute atomic E-state index is 0.196. The molecule has 0 bridgehead atoms. The number of aryl methyl sites for hydroxylation is 2. The molecule has 5 nitrogen and oxygen atoms in total. The monoisotopic (exact) mass is 382 g/mol. The van der Waals surface area contributed by atoms with Crippen LogP contribution in [0, 0.1) is 25.5 Å². The van der Waals surface area contributed by atoms with Crippen molar-refractivity contribution in [1.29, 1.82) is 0 Å². The van der Waals surface area contributed by atoms with E-state index in [9.17, 15) is 13.6 Å². The molecule has 1 aliphatic heterocycles. The Balaban J connectivity index is 1.61. The van der Waals surface area contributed by atoms with Gasteiger partial charge in [-0.3, -0.25) is 10.1 Å². The molecule has 0 unspecified atom stereocenters. The van der Waals surface area contributed by atoms with Crippen LogP contribution in [-0.4, -0.2) is 22.2 Å². The van der Waals surface area contributed by atoms with E-state index in [-0.39, 0.29) is 18.6 Å². The molecule has 2 heterocycles. The predicted molar refractivity (Wildman–Crippen MR) is 102 cm³/mol. The van der Waals surface area contributed by atoms with Gasteiger partial charge in [-0.25, -0.2) is 13.5 Å². The van der Waals surface area contributed by atoms with Crippen LogP contribution in [0.5, 0.6) is 0 Å². The SMILES string of the molecule is Cc1ccc(-c2cc3n(n2)[C@H](NCc2cc(F)cc(F)c2)CNC3=O)c(C)c1. The van der Waals surface area contributed by atoms with Gasteiger partial charge in [-0.2, -0.15) is 5.10 Å². The van der Waals surface area contributed by atoms with E-state index in [1.807, 2.05) is 26.0 Å². The maximum Gasteiger partial charge on any atom is 0.269 e. The van der Waals surface area contributed by atoms with Crippen LogP contribution in [0.4, 0.5) is 8.78 Å². The Hall–Kier alpha value is -3.06. The Morgan fingerprint density at radius 3 is 2.61 bits per heavy atom. The molecular weight excluding hydrogens is 362 g/mol. The average molecular weight is 382 g/mol. The van der Waals surface area contributed by atoms with Crippen molar-refractivity contribution in [2.45, 2.75) is 26.6 Å². The van der Waals surface area contributed by atoms with E-state index >= 15 is 0 Å². The van der Waals surface area contributed by atoms with Crippen molar-refractivity contribution in [3.8, 4) is 11.3 Å². The third-order valence-electron chi connectivity index (χ3n) is 4.84. The van der Waals surface area contributed by atoms with Crippen LogP contribution < -0.4 is 10.6 Å². The summed E-state index contributed by atoms with van der Waals surface area (Å²) in [6.07, 6.45) is -0.321. The molecule has 0 fully saturated rings. The second-order valence-corrected chi connectivity index (χ2v) is 7.06. The molecule has 2 N–H and O–H groups in total. The maximum absolute atomic E-state index is 13.4.